The van der Waals surface area contributed by atoms with Gasteiger partial charge in [0, 0.05) is 44.4 Å². The van der Waals surface area contributed by atoms with Gasteiger partial charge in [-0.15, -0.1) is 24.0 Å². The van der Waals surface area contributed by atoms with Gasteiger partial charge in [0.25, 0.3) is 0 Å². The van der Waals surface area contributed by atoms with Gasteiger partial charge < -0.3 is 15.4 Å². The van der Waals surface area contributed by atoms with Crippen molar-refractivity contribution >= 4 is 29.9 Å². The number of halogens is 1. The number of nitrogens with zero attached hydrogens (tertiary/aromatic N) is 3. The van der Waals surface area contributed by atoms with Gasteiger partial charge in [0.1, 0.15) is 0 Å². The Labute approximate surface area is 185 Å². The highest BCUT2D eigenvalue weighted by molar-refractivity contribution is 14.0. The highest BCUT2D eigenvalue weighted by Gasteiger charge is 2.27. The molecule has 2 heterocycles. The van der Waals surface area contributed by atoms with E-state index in [0.29, 0.717) is 12.5 Å². The zero-order valence-electron chi connectivity index (χ0n) is 17.0. The van der Waals surface area contributed by atoms with Crippen LogP contribution in [0, 0.1) is 12.8 Å². The third-order valence-electron chi connectivity index (χ3n) is 4.90. The smallest absolute Gasteiger partial charge is 0.191 e. The van der Waals surface area contributed by atoms with Crippen LogP contribution in [0.1, 0.15) is 42.6 Å². The summed E-state index contributed by atoms with van der Waals surface area (Å²) in [7, 11) is 1.92. The van der Waals surface area contributed by atoms with Gasteiger partial charge in [0.2, 0.25) is 0 Å². The van der Waals surface area contributed by atoms with Gasteiger partial charge in [-0.05, 0) is 32.3 Å². The van der Waals surface area contributed by atoms with Gasteiger partial charge >= 0.3 is 0 Å². The zero-order valence-corrected chi connectivity index (χ0v) is 19.3. The summed E-state index contributed by atoms with van der Waals surface area (Å²) in [6, 6.07) is 8.72. The van der Waals surface area contributed by atoms with Crippen molar-refractivity contribution in [3.8, 4) is 0 Å². The third kappa shape index (κ3) is 6.48. The molecule has 2 aromatic rings. The predicted molar refractivity (Wildman–Crippen MR) is 124 cm³/mol. The maximum Gasteiger partial charge on any atom is 0.191 e. The Morgan fingerprint density at radius 2 is 2.07 bits per heavy atom. The number of guanidine groups is 1. The molecule has 28 heavy (non-hydrogen) atoms. The molecule has 0 saturated carbocycles. The molecule has 1 aliphatic rings. The van der Waals surface area contributed by atoms with Gasteiger partial charge in [-0.2, -0.15) is 5.10 Å². The van der Waals surface area contributed by atoms with E-state index in [1.807, 2.05) is 19.4 Å². The molecule has 1 aromatic carbocycles. The van der Waals surface area contributed by atoms with Gasteiger partial charge in [0.15, 0.2) is 5.96 Å². The number of ether oxygens (including phenoxy) is 1. The van der Waals surface area contributed by atoms with E-state index in [-0.39, 0.29) is 30.1 Å². The summed E-state index contributed by atoms with van der Waals surface area (Å²) in [5.41, 5.74) is 3.65. The largest absolute Gasteiger partial charge is 0.373 e. The Morgan fingerprint density at radius 3 is 2.75 bits per heavy atom. The Hall–Kier alpha value is -1.61. The van der Waals surface area contributed by atoms with Crippen LogP contribution in [-0.2, 0) is 18.3 Å². The first kappa shape index (κ1) is 22.7. The number of benzene rings is 1. The monoisotopic (exact) mass is 497 g/mol. The van der Waals surface area contributed by atoms with E-state index < -0.39 is 0 Å². The van der Waals surface area contributed by atoms with Crippen molar-refractivity contribution in [2.24, 2.45) is 18.0 Å². The lowest BCUT2D eigenvalue weighted by atomic mass is 9.89. The lowest BCUT2D eigenvalue weighted by molar-refractivity contribution is -0.0265. The summed E-state index contributed by atoms with van der Waals surface area (Å²) >= 11 is 0. The molecule has 2 unspecified atom stereocenters. The van der Waals surface area contributed by atoms with Gasteiger partial charge in [-0.1, -0.05) is 29.8 Å². The van der Waals surface area contributed by atoms with Crippen molar-refractivity contribution in [2.75, 3.05) is 19.7 Å². The number of hydrogen-bond donors (Lipinski definition) is 2. The molecular formula is C21H32IN5O. The first-order valence-corrected chi connectivity index (χ1v) is 9.83. The van der Waals surface area contributed by atoms with Crippen LogP contribution in [0.25, 0.3) is 0 Å². The molecular weight excluding hydrogens is 465 g/mol. The fourth-order valence-electron chi connectivity index (χ4n) is 3.47. The fraction of sp³-hybridized carbons (Fsp3) is 0.524. The average Bonchev–Trinajstić information content (AvgIpc) is 3.10. The second-order valence-corrected chi connectivity index (χ2v) is 7.20. The minimum absolute atomic E-state index is 0. The van der Waals surface area contributed by atoms with E-state index in [4.69, 9.17) is 9.73 Å². The molecule has 0 spiro atoms. The normalized spacial score (nSPS) is 19.8. The molecule has 3 rings (SSSR count). The molecule has 2 atom stereocenters. The quantitative estimate of drug-likeness (QED) is 0.364. The summed E-state index contributed by atoms with van der Waals surface area (Å²) in [5, 5.41) is 11.0. The van der Waals surface area contributed by atoms with Gasteiger partial charge in [-0.25, -0.2) is 4.99 Å². The van der Waals surface area contributed by atoms with Crippen molar-refractivity contribution in [1.29, 1.82) is 0 Å². The molecule has 1 aromatic heterocycles. The van der Waals surface area contributed by atoms with Crippen molar-refractivity contribution in [3.63, 3.8) is 0 Å². The van der Waals surface area contributed by atoms with Crippen molar-refractivity contribution in [2.45, 2.75) is 39.3 Å². The average molecular weight is 497 g/mol. The Morgan fingerprint density at radius 1 is 1.29 bits per heavy atom. The van der Waals surface area contributed by atoms with Crippen LogP contribution in [0.4, 0.5) is 0 Å². The number of hydrogen-bond acceptors (Lipinski definition) is 3. The molecule has 1 fully saturated rings. The van der Waals surface area contributed by atoms with E-state index in [1.54, 1.807) is 4.68 Å². The highest BCUT2D eigenvalue weighted by Crippen LogP contribution is 2.33. The summed E-state index contributed by atoms with van der Waals surface area (Å²) in [4.78, 5) is 4.69. The summed E-state index contributed by atoms with van der Waals surface area (Å²) in [6.07, 6.45) is 6.27. The Balaban J connectivity index is 0.00000280. The van der Waals surface area contributed by atoms with Crippen molar-refractivity contribution < 1.29 is 4.74 Å². The zero-order chi connectivity index (χ0) is 19.1. The highest BCUT2D eigenvalue weighted by atomic mass is 127. The van der Waals surface area contributed by atoms with E-state index in [9.17, 15) is 0 Å². The molecule has 2 N–H and O–H groups in total. The topological polar surface area (TPSA) is 63.5 Å². The summed E-state index contributed by atoms with van der Waals surface area (Å²) in [6.45, 7) is 7.33. The third-order valence-corrected chi connectivity index (χ3v) is 4.90. The van der Waals surface area contributed by atoms with Crippen molar-refractivity contribution in [3.05, 3.63) is 53.3 Å². The number of nitrogens with one attached hydrogen (secondary N) is 2. The second-order valence-electron chi connectivity index (χ2n) is 7.20. The molecule has 6 nitrogen and oxygen atoms in total. The molecule has 0 radical (unpaired) electrons. The molecule has 0 aliphatic carbocycles. The standard InChI is InChI=1S/C21H31N5O.HI/c1-4-22-21(23-12-17-13-25-26(3)15-17)24-14-19-6-5-11-27-20(19)18-9-7-16(2)8-10-18;/h7-10,13,15,19-20H,4-6,11-12,14H2,1-3H3,(H2,22,23,24);1H. The summed E-state index contributed by atoms with van der Waals surface area (Å²) < 4.78 is 7.93. The lowest BCUT2D eigenvalue weighted by Gasteiger charge is -2.32. The lowest BCUT2D eigenvalue weighted by Crippen LogP contribution is -2.42. The van der Waals surface area contributed by atoms with Crippen LogP contribution in [0.15, 0.2) is 41.7 Å². The van der Waals surface area contributed by atoms with E-state index >= 15 is 0 Å². The minimum atomic E-state index is 0. The number of aliphatic imine (C=N–C) groups is 1. The predicted octanol–water partition coefficient (Wildman–Crippen LogP) is 3.57. The number of rotatable bonds is 6. The van der Waals surface area contributed by atoms with E-state index in [2.05, 4.69) is 53.8 Å². The Kier molecular flexibility index (Phi) is 9.24. The van der Waals surface area contributed by atoms with Crippen LogP contribution in [0.3, 0.4) is 0 Å². The van der Waals surface area contributed by atoms with Crippen LogP contribution in [-0.4, -0.2) is 35.4 Å². The Bertz CT molecular complexity index is 744. The molecule has 7 heteroatoms. The molecule has 1 aliphatic heterocycles. The van der Waals surface area contributed by atoms with Gasteiger partial charge in [-0.3, -0.25) is 4.68 Å². The van der Waals surface area contributed by atoms with E-state index in [0.717, 1.165) is 44.1 Å². The SMILES string of the molecule is CCNC(=NCc1cnn(C)c1)NCC1CCCOC1c1ccc(C)cc1.I. The minimum Gasteiger partial charge on any atom is -0.373 e. The molecule has 1 saturated heterocycles. The number of aromatic nitrogens is 2. The first-order valence-electron chi connectivity index (χ1n) is 9.83. The molecule has 154 valence electrons. The van der Waals surface area contributed by atoms with Crippen LogP contribution in [0.5, 0.6) is 0 Å². The fourth-order valence-corrected chi connectivity index (χ4v) is 3.47. The van der Waals surface area contributed by atoms with Crippen LogP contribution in [0.2, 0.25) is 0 Å². The first-order chi connectivity index (χ1) is 13.2. The second kappa shape index (κ2) is 11.4. The maximum absolute atomic E-state index is 6.13. The molecule has 0 amide bonds. The molecule has 0 bridgehead atoms. The van der Waals surface area contributed by atoms with Gasteiger partial charge in [0.05, 0.1) is 18.8 Å². The van der Waals surface area contributed by atoms with Crippen LogP contribution < -0.4 is 10.6 Å². The maximum atomic E-state index is 6.13. The van der Waals surface area contributed by atoms with Crippen molar-refractivity contribution in [1.82, 2.24) is 20.4 Å². The van der Waals surface area contributed by atoms with E-state index in [1.165, 1.54) is 11.1 Å². The number of aryl methyl sites for hydroxylation is 2. The summed E-state index contributed by atoms with van der Waals surface area (Å²) in [5.74, 6) is 1.28. The van der Waals surface area contributed by atoms with Crippen LogP contribution >= 0.6 is 24.0 Å².